The molecular weight excluding hydrogens is 206 g/mol. The topological polar surface area (TPSA) is 37.4 Å². The molecule has 0 aromatic carbocycles. The van der Waals surface area contributed by atoms with Crippen LogP contribution in [0, 0.1) is 0 Å². The van der Waals surface area contributed by atoms with Gasteiger partial charge in [0.05, 0.1) is 12.3 Å². The summed E-state index contributed by atoms with van der Waals surface area (Å²) >= 11 is 2.64. The molecule has 3 nitrogen and oxygen atoms in total. The second kappa shape index (κ2) is 3.51. The summed E-state index contributed by atoms with van der Waals surface area (Å²) in [6.45, 7) is 0.433. The van der Waals surface area contributed by atoms with Crippen LogP contribution in [0.2, 0.25) is 0 Å². The monoisotopic (exact) mass is 213 g/mol. The molecule has 0 aliphatic carbocycles. The van der Waals surface area contributed by atoms with E-state index in [2.05, 4.69) is 0 Å². The SMILES string of the molecule is O=C1CSC(=O)N1Cc1cccs1. The molecule has 1 aromatic heterocycles. The third-order valence-corrected chi connectivity index (χ3v) is 3.45. The van der Waals surface area contributed by atoms with Crippen LogP contribution in [-0.2, 0) is 11.3 Å². The van der Waals surface area contributed by atoms with Crippen molar-refractivity contribution in [3.8, 4) is 0 Å². The van der Waals surface area contributed by atoms with Crippen molar-refractivity contribution in [2.24, 2.45) is 0 Å². The molecule has 5 heteroatoms. The standard InChI is InChI=1S/C8H7NO2S2/c10-7-5-13-8(11)9(7)4-6-2-1-3-12-6/h1-3H,4-5H2. The number of hydrogen-bond donors (Lipinski definition) is 0. The van der Waals surface area contributed by atoms with Crippen LogP contribution in [0.3, 0.4) is 0 Å². The minimum atomic E-state index is -0.126. The Bertz CT molecular complexity index is 318. The number of nitrogens with zero attached hydrogens (tertiary/aromatic N) is 1. The molecule has 68 valence electrons. The van der Waals surface area contributed by atoms with E-state index in [1.54, 1.807) is 11.3 Å². The molecule has 1 aliphatic heterocycles. The number of imide groups is 1. The van der Waals surface area contributed by atoms with Crippen molar-refractivity contribution in [2.45, 2.75) is 6.54 Å². The molecule has 0 unspecified atom stereocenters. The number of rotatable bonds is 2. The molecule has 13 heavy (non-hydrogen) atoms. The van der Waals surface area contributed by atoms with Crippen LogP contribution in [0.4, 0.5) is 4.79 Å². The third-order valence-electron chi connectivity index (χ3n) is 1.73. The Labute approximate surface area is 83.7 Å². The van der Waals surface area contributed by atoms with Gasteiger partial charge in [0, 0.05) is 4.88 Å². The van der Waals surface area contributed by atoms with Gasteiger partial charge in [0.25, 0.3) is 5.24 Å². The summed E-state index contributed by atoms with van der Waals surface area (Å²) in [5.41, 5.74) is 0. The van der Waals surface area contributed by atoms with Crippen molar-refractivity contribution in [3.63, 3.8) is 0 Å². The number of amides is 2. The predicted octanol–water partition coefficient (Wildman–Crippen LogP) is 1.94. The molecule has 0 saturated carbocycles. The number of thiophene rings is 1. The summed E-state index contributed by atoms with van der Waals surface area (Å²) in [6, 6.07) is 3.84. The fourth-order valence-corrected chi connectivity index (χ4v) is 2.51. The molecule has 2 heterocycles. The van der Waals surface area contributed by atoms with Crippen LogP contribution in [0.25, 0.3) is 0 Å². The maximum absolute atomic E-state index is 11.2. The first kappa shape index (κ1) is 8.77. The molecule has 2 amide bonds. The van der Waals surface area contributed by atoms with Gasteiger partial charge in [0.2, 0.25) is 5.91 Å². The summed E-state index contributed by atoms with van der Waals surface area (Å²) in [5.74, 6) is 0.216. The van der Waals surface area contributed by atoms with Gasteiger partial charge >= 0.3 is 0 Å². The van der Waals surface area contributed by atoms with Crippen molar-refractivity contribution in [1.29, 1.82) is 0 Å². The second-order valence-electron chi connectivity index (χ2n) is 2.61. The van der Waals surface area contributed by atoms with Crippen LogP contribution in [0.1, 0.15) is 4.88 Å². The van der Waals surface area contributed by atoms with E-state index < -0.39 is 0 Å². The quantitative estimate of drug-likeness (QED) is 0.753. The Morgan fingerprint density at radius 3 is 2.85 bits per heavy atom. The van der Waals surface area contributed by atoms with Crippen LogP contribution >= 0.6 is 23.1 Å². The highest BCUT2D eigenvalue weighted by Crippen LogP contribution is 2.22. The molecule has 1 fully saturated rings. The number of hydrogen-bond acceptors (Lipinski definition) is 4. The van der Waals surface area contributed by atoms with Gasteiger partial charge in [0.1, 0.15) is 0 Å². The molecule has 0 spiro atoms. The van der Waals surface area contributed by atoms with E-state index >= 15 is 0 Å². The first-order chi connectivity index (χ1) is 6.27. The zero-order chi connectivity index (χ0) is 9.26. The lowest BCUT2D eigenvalue weighted by Gasteiger charge is -2.10. The minimum absolute atomic E-state index is 0.0802. The van der Waals surface area contributed by atoms with Crippen LogP contribution in [-0.4, -0.2) is 21.8 Å². The lowest BCUT2D eigenvalue weighted by molar-refractivity contribution is -0.124. The van der Waals surface area contributed by atoms with Crippen LogP contribution < -0.4 is 0 Å². The maximum Gasteiger partial charge on any atom is 0.289 e. The van der Waals surface area contributed by atoms with Gasteiger partial charge in [-0.1, -0.05) is 17.8 Å². The van der Waals surface area contributed by atoms with Gasteiger partial charge in [-0.2, -0.15) is 0 Å². The van der Waals surface area contributed by atoms with E-state index in [0.29, 0.717) is 12.3 Å². The molecule has 0 radical (unpaired) electrons. The van der Waals surface area contributed by atoms with Gasteiger partial charge in [-0.25, -0.2) is 0 Å². The lowest BCUT2D eigenvalue weighted by Crippen LogP contribution is -2.27. The van der Waals surface area contributed by atoms with E-state index in [-0.39, 0.29) is 11.1 Å². The third kappa shape index (κ3) is 1.76. The smallest absolute Gasteiger partial charge is 0.273 e. The van der Waals surface area contributed by atoms with E-state index in [9.17, 15) is 9.59 Å². The molecule has 0 bridgehead atoms. The molecular formula is C8H7NO2S2. The van der Waals surface area contributed by atoms with Crippen LogP contribution in [0.15, 0.2) is 17.5 Å². The Balaban J connectivity index is 2.09. The molecule has 1 aromatic rings. The van der Waals surface area contributed by atoms with Gasteiger partial charge in [0.15, 0.2) is 0 Å². The average Bonchev–Trinajstić information content (AvgIpc) is 2.70. The molecule has 1 aliphatic rings. The molecule has 2 rings (SSSR count). The van der Waals surface area contributed by atoms with Gasteiger partial charge in [-0.3, -0.25) is 14.5 Å². The van der Waals surface area contributed by atoms with Gasteiger partial charge in [-0.05, 0) is 11.4 Å². The number of carbonyl (C=O) groups is 2. The molecule has 0 atom stereocenters. The number of thioether (sulfide) groups is 1. The zero-order valence-electron chi connectivity index (χ0n) is 6.73. The van der Waals surface area contributed by atoms with Crippen LogP contribution in [0.5, 0.6) is 0 Å². The Morgan fingerprint density at radius 1 is 1.46 bits per heavy atom. The summed E-state index contributed by atoms with van der Waals surface area (Å²) in [5, 5.41) is 1.81. The van der Waals surface area contributed by atoms with E-state index in [4.69, 9.17) is 0 Å². The van der Waals surface area contributed by atoms with E-state index in [1.807, 2.05) is 17.5 Å². The largest absolute Gasteiger partial charge is 0.289 e. The van der Waals surface area contributed by atoms with E-state index in [0.717, 1.165) is 16.6 Å². The predicted molar refractivity (Wildman–Crippen MR) is 52.7 cm³/mol. The summed E-state index contributed by atoms with van der Waals surface area (Å²) < 4.78 is 0. The summed E-state index contributed by atoms with van der Waals surface area (Å²) in [7, 11) is 0. The highest BCUT2D eigenvalue weighted by atomic mass is 32.2. The Morgan fingerprint density at radius 2 is 2.31 bits per heavy atom. The molecule has 0 N–H and O–H groups in total. The van der Waals surface area contributed by atoms with Crippen molar-refractivity contribution in [2.75, 3.05) is 5.75 Å². The number of carbonyl (C=O) groups excluding carboxylic acids is 2. The van der Waals surface area contributed by atoms with Gasteiger partial charge in [-0.15, -0.1) is 11.3 Å². The first-order valence-electron chi connectivity index (χ1n) is 3.77. The maximum atomic E-state index is 11.2. The second-order valence-corrected chi connectivity index (χ2v) is 4.57. The highest BCUT2D eigenvalue weighted by molar-refractivity contribution is 8.14. The van der Waals surface area contributed by atoms with Crippen molar-refractivity contribution in [3.05, 3.63) is 22.4 Å². The van der Waals surface area contributed by atoms with E-state index in [1.165, 1.54) is 4.90 Å². The fraction of sp³-hybridized carbons (Fsp3) is 0.250. The lowest BCUT2D eigenvalue weighted by atomic mass is 10.4. The average molecular weight is 213 g/mol. The van der Waals surface area contributed by atoms with Crippen molar-refractivity contribution < 1.29 is 9.59 Å². The zero-order valence-corrected chi connectivity index (χ0v) is 8.36. The summed E-state index contributed by atoms with van der Waals surface area (Å²) in [4.78, 5) is 24.7. The van der Waals surface area contributed by atoms with Gasteiger partial charge < -0.3 is 0 Å². The first-order valence-corrected chi connectivity index (χ1v) is 5.63. The highest BCUT2D eigenvalue weighted by Gasteiger charge is 2.29. The van der Waals surface area contributed by atoms with Crippen molar-refractivity contribution >= 4 is 34.2 Å². The Kier molecular flexibility index (Phi) is 2.37. The fourth-order valence-electron chi connectivity index (χ4n) is 1.09. The normalized spacial score (nSPS) is 17.1. The van der Waals surface area contributed by atoms with Crippen molar-refractivity contribution in [1.82, 2.24) is 4.90 Å². The minimum Gasteiger partial charge on any atom is -0.273 e. The summed E-state index contributed by atoms with van der Waals surface area (Å²) in [6.07, 6.45) is 0. The Hall–Kier alpha value is -0.810. The molecule has 1 saturated heterocycles.